The predicted octanol–water partition coefficient (Wildman–Crippen LogP) is 9.71. The van der Waals surface area contributed by atoms with Crippen molar-refractivity contribution < 1.29 is 9.53 Å². The van der Waals surface area contributed by atoms with Crippen molar-refractivity contribution in [3.05, 3.63) is 12.2 Å². The molecule has 0 aromatic heterocycles. The molecular weight excluding hydrogens is 368 g/mol. The number of carbonyl (C=O) groups is 1. The molecule has 0 aliphatic heterocycles. The first-order valence-electron chi connectivity index (χ1n) is 13.4. The van der Waals surface area contributed by atoms with Crippen LogP contribution in [0.4, 0.5) is 0 Å². The summed E-state index contributed by atoms with van der Waals surface area (Å²) in [6.07, 6.45) is 24.9. The standard InChI is InChI=1S/C28H54O2/c1-6-9-12-15-17-19-22-25-28(23-20-14-11-8-3,30-27(29)26(4)5)24-21-18-16-13-10-7-2/h4,6-25H2,1-3,5H3. The van der Waals surface area contributed by atoms with Crippen molar-refractivity contribution in [2.75, 3.05) is 0 Å². The molecule has 0 radical (unpaired) electrons. The van der Waals surface area contributed by atoms with Crippen molar-refractivity contribution in [1.82, 2.24) is 0 Å². The smallest absolute Gasteiger partial charge is 0.333 e. The molecule has 0 aliphatic carbocycles. The van der Waals surface area contributed by atoms with E-state index >= 15 is 0 Å². The maximum atomic E-state index is 12.5. The molecule has 0 heterocycles. The van der Waals surface area contributed by atoms with E-state index in [1.165, 1.54) is 109 Å². The van der Waals surface area contributed by atoms with Crippen molar-refractivity contribution in [2.24, 2.45) is 0 Å². The van der Waals surface area contributed by atoms with E-state index in [2.05, 4.69) is 27.4 Å². The van der Waals surface area contributed by atoms with Gasteiger partial charge in [-0.3, -0.25) is 0 Å². The van der Waals surface area contributed by atoms with E-state index < -0.39 is 0 Å². The zero-order valence-electron chi connectivity index (χ0n) is 21.2. The van der Waals surface area contributed by atoms with Gasteiger partial charge in [-0.2, -0.15) is 0 Å². The molecule has 0 fully saturated rings. The highest BCUT2D eigenvalue weighted by Gasteiger charge is 2.33. The van der Waals surface area contributed by atoms with Crippen molar-refractivity contribution in [3.8, 4) is 0 Å². The van der Waals surface area contributed by atoms with E-state index in [0.717, 1.165) is 19.3 Å². The molecule has 0 saturated carbocycles. The predicted molar refractivity (Wildman–Crippen MR) is 133 cm³/mol. The SMILES string of the molecule is C=C(C)C(=O)OC(CCCCCC)(CCCCCCCC)CCCCCCCCC. The number of hydrogen-bond acceptors (Lipinski definition) is 2. The molecule has 1 atom stereocenters. The molecule has 0 saturated heterocycles. The van der Waals surface area contributed by atoms with Gasteiger partial charge >= 0.3 is 5.97 Å². The Bertz CT molecular complexity index is 415. The average molecular weight is 423 g/mol. The summed E-state index contributed by atoms with van der Waals surface area (Å²) in [7, 11) is 0. The fourth-order valence-corrected chi connectivity index (χ4v) is 4.32. The Hall–Kier alpha value is -0.790. The first-order valence-corrected chi connectivity index (χ1v) is 13.4. The number of hydrogen-bond donors (Lipinski definition) is 0. The zero-order valence-corrected chi connectivity index (χ0v) is 21.2. The van der Waals surface area contributed by atoms with Gasteiger partial charge in [0, 0.05) is 5.57 Å². The lowest BCUT2D eigenvalue weighted by molar-refractivity contribution is -0.158. The molecule has 2 nitrogen and oxygen atoms in total. The molecule has 0 amide bonds. The van der Waals surface area contributed by atoms with Gasteiger partial charge in [-0.1, -0.05) is 117 Å². The highest BCUT2D eigenvalue weighted by Crippen LogP contribution is 2.33. The summed E-state index contributed by atoms with van der Waals surface area (Å²) < 4.78 is 6.21. The molecule has 0 N–H and O–H groups in total. The van der Waals surface area contributed by atoms with Crippen LogP contribution in [0.3, 0.4) is 0 Å². The van der Waals surface area contributed by atoms with Gasteiger partial charge in [0.05, 0.1) is 0 Å². The van der Waals surface area contributed by atoms with Crippen molar-refractivity contribution in [1.29, 1.82) is 0 Å². The van der Waals surface area contributed by atoms with E-state index in [0.29, 0.717) is 5.57 Å². The van der Waals surface area contributed by atoms with Crippen molar-refractivity contribution >= 4 is 5.97 Å². The van der Waals surface area contributed by atoms with Crippen LogP contribution in [0.2, 0.25) is 0 Å². The summed E-state index contributed by atoms with van der Waals surface area (Å²) in [6, 6.07) is 0. The van der Waals surface area contributed by atoms with Crippen LogP contribution in [-0.2, 0) is 9.53 Å². The van der Waals surface area contributed by atoms with Gasteiger partial charge < -0.3 is 4.74 Å². The van der Waals surface area contributed by atoms with Crippen LogP contribution in [0.15, 0.2) is 12.2 Å². The molecule has 1 unspecified atom stereocenters. The third-order valence-electron chi connectivity index (χ3n) is 6.37. The van der Waals surface area contributed by atoms with E-state index in [1.807, 2.05) is 0 Å². The second-order valence-corrected chi connectivity index (χ2v) is 9.55. The normalized spacial score (nSPS) is 13.2. The van der Waals surface area contributed by atoms with Gasteiger partial charge in [0.1, 0.15) is 5.60 Å². The largest absolute Gasteiger partial charge is 0.456 e. The van der Waals surface area contributed by atoms with Crippen LogP contribution in [-0.4, -0.2) is 11.6 Å². The lowest BCUT2D eigenvalue weighted by Gasteiger charge is -2.34. The molecule has 0 aromatic rings. The Morgan fingerprint density at radius 1 is 0.600 bits per heavy atom. The summed E-state index contributed by atoms with van der Waals surface area (Å²) in [4.78, 5) is 12.5. The Morgan fingerprint density at radius 2 is 0.900 bits per heavy atom. The molecule has 0 aliphatic rings. The van der Waals surface area contributed by atoms with Crippen LogP contribution >= 0.6 is 0 Å². The lowest BCUT2D eigenvalue weighted by Crippen LogP contribution is -2.35. The molecule has 0 spiro atoms. The van der Waals surface area contributed by atoms with E-state index in [1.54, 1.807) is 6.92 Å². The molecule has 178 valence electrons. The van der Waals surface area contributed by atoms with Gasteiger partial charge in [0.25, 0.3) is 0 Å². The topological polar surface area (TPSA) is 26.3 Å². The average Bonchev–Trinajstić information content (AvgIpc) is 2.73. The fraction of sp³-hybridized carbons (Fsp3) is 0.893. The van der Waals surface area contributed by atoms with E-state index in [-0.39, 0.29) is 11.6 Å². The third-order valence-corrected chi connectivity index (χ3v) is 6.37. The van der Waals surface area contributed by atoms with Gasteiger partial charge in [-0.15, -0.1) is 0 Å². The second kappa shape index (κ2) is 20.1. The second-order valence-electron chi connectivity index (χ2n) is 9.55. The number of unbranched alkanes of at least 4 members (excludes halogenated alkanes) is 14. The fourth-order valence-electron chi connectivity index (χ4n) is 4.32. The minimum atomic E-state index is -0.266. The van der Waals surface area contributed by atoms with Gasteiger partial charge in [-0.25, -0.2) is 4.79 Å². The summed E-state index contributed by atoms with van der Waals surface area (Å²) in [5.74, 6) is -0.181. The maximum absolute atomic E-state index is 12.5. The Labute approximate surface area is 189 Å². The lowest BCUT2D eigenvalue weighted by atomic mass is 9.84. The quantitative estimate of drug-likeness (QED) is 0.0985. The Morgan fingerprint density at radius 3 is 1.23 bits per heavy atom. The molecule has 0 aromatic carbocycles. The molecule has 0 rings (SSSR count). The van der Waals surface area contributed by atoms with Crippen molar-refractivity contribution in [3.63, 3.8) is 0 Å². The first-order chi connectivity index (χ1) is 14.5. The minimum absolute atomic E-state index is 0.181. The minimum Gasteiger partial charge on any atom is -0.456 e. The van der Waals surface area contributed by atoms with Crippen LogP contribution in [0, 0.1) is 0 Å². The molecule has 30 heavy (non-hydrogen) atoms. The Balaban J connectivity index is 4.83. The van der Waals surface area contributed by atoms with E-state index in [9.17, 15) is 4.79 Å². The van der Waals surface area contributed by atoms with Crippen molar-refractivity contribution in [2.45, 2.75) is 162 Å². The van der Waals surface area contributed by atoms with Crippen LogP contribution < -0.4 is 0 Å². The Kier molecular flexibility index (Phi) is 19.6. The molecule has 0 bridgehead atoms. The molecule has 2 heteroatoms. The van der Waals surface area contributed by atoms with Gasteiger partial charge in [0.2, 0.25) is 0 Å². The number of ether oxygens (including phenoxy) is 1. The summed E-state index contributed by atoms with van der Waals surface area (Å²) in [5, 5.41) is 0. The highest BCUT2D eigenvalue weighted by molar-refractivity contribution is 5.87. The maximum Gasteiger partial charge on any atom is 0.333 e. The summed E-state index contributed by atoms with van der Waals surface area (Å²) in [6.45, 7) is 12.4. The third kappa shape index (κ3) is 16.0. The number of rotatable bonds is 22. The number of esters is 1. The zero-order chi connectivity index (χ0) is 22.5. The van der Waals surface area contributed by atoms with Crippen LogP contribution in [0.1, 0.15) is 156 Å². The summed E-state index contributed by atoms with van der Waals surface area (Å²) in [5.41, 5.74) is 0.272. The first kappa shape index (κ1) is 29.2. The van der Waals surface area contributed by atoms with Gasteiger partial charge in [0.15, 0.2) is 0 Å². The monoisotopic (exact) mass is 422 g/mol. The van der Waals surface area contributed by atoms with Gasteiger partial charge in [-0.05, 0) is 45.4 Å². The molecular formula is C28H54O2. The highest BCUT2D eigenvalue weighted by atomic mass is 16.6. The summed E-state index contributed by atoms with van der Waals surface area (Å²) >= 11 is 0. The van der Waals surface area contributed by atoms with E-state index in [4.69, 9.17) is 4.74 Å². The number of carbonyl (C=O) groups excluding carboxylic acids is 1. The van der Waals surface area contributed by atoms with Crippen LogP contribution in [0.5, 0.6) is 0 Å². The van der Waals surface area contributed by atoms with Crippen LogP contribution in [0.25, 0.3) is 0 Å².